The number of ether oxygens (including phenoxy) is 2. The van der Waals surface area contributed by atoms with Crippen LogP contribution in [0.4, 0.5) is 14.6 Å². The number of rotatable bonds is 28. The van der Waals surface area contributed by atoms with E-state index in [2.05, 4.69) is 45.0 Å². The van der Waals surface area contributed by atoms with Gasteiger partial charge in [-0.1, -0.05) is 139 Å². The first-order valence-corrected chi connectivity index (χ1v) is 23.1. The van der Waals surface area contributed by atoms with Crippen molar-refractivity contribution in [1.29, 1.82) is 0 Å². The SMILES string of the molecule is C#C[C@]1(COP(=O)(N[C@@H](Cc2c#ccc(F)c2)C(=O)OCCCCCCCCCCCCCCCCCC)Oc2ccccc2)O[C@@H](n2cnc3c(N)nc(F)nc32)C[C@@H]1O. The molecule has 0 bridgehead atoms. The number of nitrogens with two attached hydrogens (primary N) is 1. The Morgan fingerprint density at radius 2 is 1.69 bits per heavy atom. The quantitative estimate of drug-likeness (QED) is 0.0163. The largest absolute Gasteiger partial charge is 0.465 e. The minimum atomic E-state index is -4.61. The number of carbonyl (C=O) groups excluding carboxylic acids is 1. The molecule has 2 aromatic heterocycles. The molecule has 0 spiro atoms. The van der Waals surface area contributed by atoms with Crippen molar-refractivity contribution in [3.05, 3.63) is 78.4 Å². The number of hydrogen-bond acceptors (Lipinski definition) is 11. The molecule has 1 saturated heterocycles. The Kier molecular flexibility index (Phi) is 18.8. The third-order valence-corrected chi connectivity index (χ3v) is 12.3. The van der Waals surface area contributed by atoms with E-state index in [0.717, 1.165) is 25.3 Å². The lowest BCUT2D eigenvalue weighted by atomic mass is 9.99. The second-order valence-corrected chi connectivity index (χ2v) is 17.3. The number of fused-ring (bicyclic) bond motifs is 1. The lowest BCUT2D eigenvalue weighted by molar-refractivity contribution is -0.146. The first kappa shape index (κ1) is 47.4. The molecule has 1 aliphatic heterocycles. The summed E-state index contributed by atoms with van der Waals surface area (Å²) < 4.78 is 68.0. The maximum Gasteiger partial charge on any atom is 0.459 e. The lowest BCUT2D eigenvalue weighted by Gasteiger charge is -2.30. The summed E-state index contributed by atoms with van der Waals surface area (Å²) in [5.74, 6) is 0.965. The Labute approximate surface area is 358 Å². The van der Waals surface area contributed by atoms with Crippen LogP contribution in [0.3, 0.4) is 0 Å². The van der Waals surface area contributed by atoms with Crippen LogP contribution in [-0.2, 0) is 29.8 Å². The van der Waals surface area contributed by atoms with Crippen LogP contribution in [-0.4, -0.2) is 61.6 Å². The van der Waals surface area contributed by atoms with Crippen LogP contribution in [0.1, 0.15) is 128 Å². The second-order valence-electron chi connectivity index (χ2n) is 15.6. The number of para-hydroxylation sites is 1. The van der Waals surface area contributed by atoms with Crippen molar-refractivity contribution in [3.63, 3.8) is 0 Å². The number of imidazole rings is 1. The topological polar surface area (TPSA) is 173 Å². The minimum absolute atomic E-state index is 0.00280. The number of nitrogen functional groups attached to an aromatic ring is 1. The molecule has 4 aromatic rings. The smallest absolute Gasteiger partial charge is 0.459 e. The first-order chi connectivity index (χ1) is 29.5. The fourth-order valence-corrected chi connectivity index (χ4v) is 8.82. The Morgan fingerprint density at radius 1 is 1.05 bits per heavy atom. The van der Waals surface area contributed by atoms with Gasteiger partial charge in [-0.25, -0.2) is 13.9 Å². The van der Waals surface area contributed by atoms with E-state index in [1.54, 1.807) is 18.2 Å². The van der Waals surface area contributed by atoms with Gasteiger partial charge < -0.3 is 24.8 Å². The number of anilines is 1. The number of terminal acetylenes is 1. The average molecular weight is 865 g/mol. The van der Waals surface area contributed by atoms with Crippen LogP contribution >= 0.6 is 7.75 Å². The zero-order valence-corrected chi connectivity index (χ0v) is 35.9. The van der Waals surface area contributed by atoms with Gasteiger partial charge >= 0.3 is 19.8 Å². The summed E-state index contributed by atoms with van der Waals surface area (Å²) in [6, 6.07) is 14.3. The molecular weight excluding hydrogens is 805 g/mol. The highest BCUT2D eigenvalue weighted by Crippen LogP contribution is 2.48. The van der Waals surface area contributed by atoms with Crippen molar-refractivity contribution in [2.24, 2.45) is 0 Å². The number of hydrogen-bond donors (Lipinski definition) is 3. The molecule has 330 valence electrons. The highest BCUT2D eigenvalue weighted by molar-refractivity contribution is 7.52. The molecule has 61 heavy (non-hydrogen) atoms. The summed E-state index contributed by atoms with van der Waals surface area (Å²) in [6.45, 7) is 1.66. The van der Waals surface area contributed by atoms with E-state index in [1.807, 2.05) is 0 Å². The Hall–Kier alpha value is -4.63. The maximum absolute atomic E-state index is 14.7. The normalized spacial score (nSPS) is 18.9. The van der Waals surface area contributed by atoms with Gasteiger partial charge in [0, 0.05) is 24.5 Å². The van der Waals surface area contributed by atoms with Crippen LogP contribution in [0.2, 0.25) is 0 Å². The summed E-state index contributed by atoms with van der Waals surface area (Å²) in [5, 5.41) is 14.0. The summed E-state index contributed by atoms with van der Waals surface area (Å²) in [6.07, 6.45) is 22.7. The van der Waals surface area contributed by atoms with Gasteiger partial charge in [0.05, 0.1) is 12.9 Å². The van der Waals surface area contributed by atoms with Crippen molar-refractivity contribution in [2.75, 3.05) is 18.9 Å². The molecule has 1 aliphatic rings. The third-order valence-electron chi connectivity index (χ3n) is 10.7. The van der Waals surface area contributed by atoms with Gasteiger partial charge in [0.25, 0.3) is 0 Å². The number of aliphatic hydroxyl groups excluding tert-OH is 1. The number of aromatic nitrogens is 4. The van der Waals surface area contributed by atoms with Gasteiger partial charge in [-0.3, -0.25) is 13.9 Å². The number of carbonyl (C=O) groups is 1. The molecule has 0 amide bonds. The van der Waals surface area contributed by atoms with E-state index in [1.165, 1.54) is 106 Å². The van der Waals surface area contributed by atoms with Gasteiger partial charge in [0.1, 0.15) is 36.5 Å². The van der Waals surface area contributed by atoms with Gasteiger partial charge in [-0.15, -0.1) is 6.42 Å². The Morgan fingerprint density at radius 3 is 2.31 bits per heavy atom. The number of aliphatic hydroxyl groups is 1. The van der Waals surface area contributed by atoms with Crippen molar-refractivity contribution < 1.29 is 41.8 Å². The fourth-order valence-electron chi connectivity index (χ4n) is 7.30. The van der Waals surface area contributed by atoms with Crippen molar-refractivity contribution in [1.82, 2.24) is 24.6 Å². The number of halogens is 2. The lowest BCUT2D eigenvalue weighted by Crippen LogP contribution is -2.44. The zero-order chi connectivity index (χ0) is 43.5. The predicted octanol–water partition coefficient (Wildman–Crippen LogP) is 9.15. The molecular formula is C45H59F2N6O7P. The molecule has 0 aliphatic carbocycles. The molecule has 2 aromatic carbocycles. The Balaban J connectivity index is 1.18. The average Bonchev–Trinajstić information content (AvgIpc) is 3.82. The van der Waals surface area contributed by atoms with Crippen LogP contribution in [0, 0.1) is 36.4 Å². The van der Waals surface area contributed by atoms with Gasteiger partial charge in [0.15, 0.2) is 22.6 Å². The van der Waals surface area contributed by atoms with E-state index in [0.29, 0.717) is 6.42 Å². The number of unbranched alkanes of at least 4 members (excludes halogenated alkanes) is 15. The zero-order valence-electron chi connectivity index (χ0n) is 35.0. The van der Waals surface area contributed by atoms with Crippen molar-refractivity contribution in [3.8, 4) is 18.1 Å². The molecule has 5 rings (SSSR count). The van der Waals surface area contributed by atoms with Gasteiger partial charge in [-0.2, -0.15) is 19.4 Å². The molecule has 5 atom stereocenters. The molecule has 1 fully saturated rings. The highest BCUT2D eigenvalue weighted by Gasteiger charge is 2.50. The summed E-state index contributed by atoms with van der Waals surface area (Å²) in [4.78, 5) is 25.1. The molecule has 3 heterocycles. The summed E-state index contributed by atoms with van der Waals surface area (Å²) in [7, 11) is -4.61. The van der Waals surface area contributed by atoms with E-state index in [-0.39, 0.29) is 47.7 Å². The fraction of sp³-hybridized carbons (Fsp3) is 0.556. The molecule has 1 unspecified atom stereocenters. The maximum atomic E-state index is 14.7. The molecule has 16 heteroatoms. The Bertz CT molecular complexity index is 2050. The molecule has 13 nitrogen and oxygen atoms in total. The predicted molar refractivity (Wildman–Crippen MR) is 228 cm³/mol. The van der Waals surface area contributed by atoms with Crippen LogP contribution in [0.15, 0.2) is 48.8 Å². The van der Waals surface area contributed by atoms with Gasteiger partial charge in [0.2, 0.25) is 0 Å². The van der Waals surface area contributed by atoms with Crippen LogP contribution in [0.5, 0.6) is 5.75 Å². The van der Waals surface area contributed by atoms with Crippen molar-refractivity contribution in [2.45, 2.75) is 146 Å². The van der Waals surface area contributed by atoms with E-state index in [9.17, 15) is 23.2 Å². The summed E-state index contributed by atoms with van der Waals surface area (Å²) in [5.41, 5.74) is 4.27. The third kappa shape index (κ3) is 14.5. The van der Waals surface area contributed by atoms with E-state index >= 15 is 0 Å². The standard InChI is InChI=1S/C45H59F2N6O7P/c1-3-5-6-7-8-9-10-11-12-13-14-15-16-17-18-22-28-57-43(55)37(30-34-24-23-25-35(46)29-34)52-61(56,60-36-26-20-19-21-27-36)58-32-45(4-2)38(54)31-39(59-45)53-33-49-40-41(48)50-44(47)51-42(40)53/h2,19-21,25-27,29,33,37-39,54H,3,5-18,22,28,30-32H2,1H3,(H,52,56)(H2,48,50,51)/t37-,38-,39+,45+,61?/m0/s1. The van der Waals surface area contributed by atoms with Gasteiger partial charge in [-0.05, 0) is 24.6 Å². The summed E-state index contributed by atoms with van der Waals surface area (Å²) >= 11 is 0. The molecule has 0 saturated carbocycles. The number of esters is 1. The van der Waals surface area contributed by atoms with Crippen LogP contribution in [0.25, 0.3) is 11.2 Å². The monoisotopic (exact) mass is 864 g/mol. The van der Waals surface area contributed by atoms with E-state index < -0.39 is 56.2 Å². The van der Waals surface area contributed by atoms with E-state index in [4.69, 9.17) is 30.7 Å². The van der Waals surface area contributed by atoms with Crippen molar-refractivity contribution >= 4 is 30.7 Å². The second kappa shape index (κ2) is 24.1. The number of benzene rings is 1. The highest BCUT2D eigenvalue weighted by atomic mass is 31.2. The molecule has 4 N–H and O–H groups in total. The number of nitrogens with zero attached hydrogens (tertiary/aromatic N) is 4. The first-order valence-electron chi connectivity index (χ1n) is 21.6. The minimum Gasteiger partial charge on any atom is -0.465 e. The molecule has 0 radical (unpaired) electrons. The van der Waals surface area contributed by atoms with Crippen LogP contribution < -0.4 is 15.3 Å². The number of nitrogens with one attached hydrogen (secondary N) is 1.